The molecule has 6 nitrogen and oxygen atoms in total. The summed E-state index contributed by atoms with van der Waals surface area (Å²) in [6.07, 6.45) is 0. The molecule has 2 aromatic carbocycles. The molecule has 0 fully saturated rings. The van der Waals surface area contributed by atoms with Gasteiger partial charge in [-0.25, -0.2) is 0 Å². The van der Waals surface area contributed by atoms with Crippen molar-refractivity contribution in [3.8, 4) is 22.8 Å². The van der Waals surface area contributed by atoms with E-state index in [9.17, 15) is 25.2 Å². The Kier molecular flexibility index (Phi) is 3.77. The van der Waals surface area contributed by atoms with Gasteiger partial charge in [-0.15, -0.1) is 0 Å². The summed E-state index contributed by atoms with van der Waals surface area (Å²) in [6.45, 7) is -0.913. The van der Waals surface area contributed by atoms with Crippen LogP contribution in [0.1, 0.15) is 11.1 Å². The van der Waals surface area contributed by atoms with Crippen LogP contribution in [-0.2, 0) is 13.2 Å². The van der Waals surface area contributed by atoms with Crippen LogP contribution in [-0.4, -0.2) is 20.4 Å². The zero-order chi connectivity index (χ0) is 16.6. The first-order valence-electron chi connectivity index (χ1n) is 6.88. The fraction of sp³-hybridized carbons (Fsp3) is 0.118. The Bertz CT molecular complexity index is 924. The molecule has 0 aliphatic heterocycles. The number of hydrogen-bond acceptors (Lipinski definition) is 6. The van der Waals surface area contributed by atoms with Gasteiger partial charge in [0.15, 0.2) is 5.43 Å². The van der Waals surface area contributed by atoms with Crippen molar-refractivity contribution >= 4 is 11.0 Å². The minimum atomic E-state index is -0.503. The topological polar surface area (TPSA) is 111 Å². The van der Waals surface area contributed by atoms with Gasteiger partial charge in [0.05, 0.1) is 13.2 Å². The molecule has 0 atom stereocenters. The average molecular weight is 314 g/mol. The lowest BCUT2D eigenvalue weighted by Gasteiger charge is -2.11. The highest BCUT2D eigenvalue weighted by atomic mass is 16.3. The monoisotopic (exact) mass is 314 g/mol. The van der Waals surface area contributed by atoms with Gasteiger partial charge in [0, 0.05) is 17.2 Å². The van der Waals surface area contributed by atoms with Gasteiger partial charge in [-0.05, 0) is 35.9 Å². The number of hydrogen-bond donors (Lipinski definition) is 4. The summed E-state index contributed by atoms with van der Waals surface area (Å²) >= 11 is 0. The molecule has 1 heterocycles. The number of rotatable bonds is 3. The maximum Gasteiger partial charge on any atom is 0.197 e. The van der Waals surface area contributed by atoms with Crippen LogP contribution in [0.3, 0.4) is 0 Å². The predicted octanol–water partition coefficient (Wildman–Crippen LogP) is 1.86. The minimum Gasteiger partial charge on any atom is -0.508 e. The molecular weight excluding hydrogens is 300 g/mol. The van der Waals surface area contributed by atoms with E-state index in [1.54, 1.807) is 12.1 Å². The van der Waals surface area contributed by atoms with Crippen molar-refractivity contribution < 1.29 is 24.8 Å². The highest BCUT2D eigenvalue weighted by molar-refractivity contribution is 5.87. The van der Waals surface area contributed by atoms with Gasteiger partial charge in [0.25, 0.3) is 0 Å². The van der Waals surface area contributed by atoms with E-state index in [1.807, 2.05) is 0 Å². The molecule has 0 aliphatic carbocycles. The first-order valence-corrected chi connectivity index (χ1v) is 6.88. The van der Waals surface area contributed by atoms with Crippen LogP contribution in [0.4, 0.5) is 0 Å². The third kappa shape index (κ3) is 2.54. The van der Waals surface area contributed by atoms with Gasteiger partial charge in [-0.3, -0.25) is 4.79 Å². The molecule has 23 heavy (non-hydrogen) atoms. The Balaban J connectivity index is 2.30. The summed E-state index contributed by atoms with van der Waals surface area (Å²) in [5.41, 5.74) is 0.608. The largest absolute Gasteiger partial charge is 0.508 e. The van der Waals surface area contributed by atoms with E-state index < -0.39 is 18.6 Å². The van der Waals surface area contributed by atoms with Gasteiger partial charge in [0.1, 0.15) is 28.2 Å². The number of aliphatic hydroxyl groups is 2. The molecule has 6 heteroatoms. The van der Waals surface area contributed by atoms with Crippen LogP contribution in [0.5, 0.6) is 11.5 Å². The fourth-order valence-corrected chi connectivity index (χ4v) is 2.48. The number of fused-ring (bicyclic) bond motifs is 1. The molecule has 0 amide bonds. The lowest BCUT2D eigenvalue weighted by Crippen LogP contribution is -2.04. The quantitative estimate of drug-likeness (QED) is 0.587. The summed E-state index contributed by atoms with van der Waals surface area (Å²) < 4.78 is 5.66. The van der Waals surface area contributed by atoms with Crippen molar-refractivity contribution in [1.82, 2.24) is 0 Å². The van der Waals surface area contributed by atoms with Crippen LogP contribution in [0, 0.1) is 0 Å². The van der Waals surface area contributed by atoms with E-state index in [-0.39, 0.29) is 39.4 Å². The second-order valence-corrected chi connectivity index (χ2v) is 5.07. The molecule has 3 rings (SSSR count). The average Bonchev–Trinajstić information content (AvgIpc) is 2.54. The summed E-state index contributed by atoms with van der Waals surface area (Å²) in [4.78, 5) is 12.3. The lowest BCUT2D eigenvalue weighted by atomic mass is 10.0. The van der Waals surface area contributed by atoms with E-state index >= 15 is 0 Å². The van der Waals surface area contributed by atoms with Crippen LogP contribution in [0.25, 0.3) is 22.3 Å². The third-order valence-electron chi connectivity index (χ3n) is 3.67. The minimum absolute atomic E-state index is 0.0474. The van der Waals surface area contributed by atoms with Crippen LogP contribution < -0.4 is 5.43 Å². The predicted molar refractivity (Wildman–Crippen MR) is 83.1 cm³/mol. The SMILES string of the molecule is O=c1cc(-c2ccc(O)cc2)oc2cc(CO)c(CO)c(O)c12. The van der Waals surface area contributed by atoms with E-state index in [1.165, 1.54) is 24.3 Å². The Morgan fingerprint density at radius 1 is 0.957 bits per heavy atom. The van der Waals surface area contributed by atoms with Gasteiger partial charge in [0.2, 0.25) is 0 Å². The van der Waals surface area contributed by atoms with Crippen molar-refractivity contribution in [1.29, 1.82) is 0 Å². The molecule has 0 spiro atoms. The second-order valence-electron chi connectivity index (χ2n) is 5.07. The standard InChI is InChI=1S/C17H14O6/c18-7-10-5-15-16(17(22)12(10)8-19)13(21)6-14(23-15)9-1-3-11(20)4-2-9/h1-6,18-20,22H,7-8H2. The van der Waals surface area contributed by atoms with E-state index in [0.717, 1.165) is 0 Å². The smallest absolute Gasteiger partial charge is 0.197 e. The number of phenols is 2. The van der Waals surface area contributed by atoms with Crippen molar-refractivity contribution in [2.24, 2.45) is 0 Å². The van der Waals surface area contributed by atoms with Crippen LogP contribution in [0.2, 0.25) is 0 Å². The maximum absolute atomic E-state index is 12.3. The summed E-state index contributed by atoms with van der Waals surface area (Å²) in [5, 5.41) is 38.1. The third-order valence-corrected chi connectivity index (χ3v) is 3.67. The summed E-state index contributed by atoms with van der Waals surface area (Å²) in [5.74, 6) is -0.0349. The lowest BCUT2D eigenvalue weighted by molar-refractivity contribution is 0.255. The molecule has 0 aliphatic rings. The van der Waals surface area contributed by atoms with Crippen molar-refractivity contribution in [2.75, 3.05) is 0 Å². The zero-order valence-electron chi connectivity index (χ0n) is 12.0. The molecule has 0 unspecified atom stereocenters. The summed E-state index contributed by atoms with van der Waals surface area (Å²) in [7, 11) is 0. The molecule has 0 bridgehead atoms. The number of benzene rings is 2. The second kappa shape index (κ2) is 5.75. The number of aromatic hydroxyl groups is 2. The van der Waals surface area contributed by atoms with Crippen molar-refractivity contribution in [3.63, 3.8) is 0 Å². The number of phenolic OH excluding ortho intramolecular Hbond substituents is 1. The molecule has 0 saturated heterocycles. The maximum atomic E-state index is 12.3. The molecule has 0 radical (unpaired) electrons. The highest BCUT2D eigenvalue weighted by Gasteiger charge is 2.17. The molecule has 4 N–H and O–H groups in total. The van der Waals surface area contributed by atoms with E-state index in [0.29, 0.717) is 5.56 Å². The molecule has 0 saturated carbocycles. The first kappa shape index (κ1) is 15.1. The van der Waals surface area contributed by atoms with Gasteiger partial charge < -0.3 is 24.8 Å². The van der Waals surface area contributed by atoms with Crippen molar-refractivity contribution in [3.05, 3.63) is 57.7 Å². The van der Waals surface area contributed by atoms with Crippen LogP contribution in [0.15, 0.2) is 45.6 Å². The zero-order valence-corrected chi connectivity index (χ0v) is 12.0. The Hall–Kier alpha value is -2.83. The number of aliphatic hydroxyl groups excluding tert-OH is 2. The summed E-state index contributed by atoms with van der Waals surface area (Å²) in [6, 6.07) is 8.76. The Morgan fingerprint density at radius 2 is 1.65 bits per heavy atom. The van der Waals surface area contributed by atoms with Gasteiger partial charge in [-0.1, -0.05) is 0 Å². The molecule has 1 aromatic heterocycles. The Morgan fingerprint density at radius 3 is 2.26 bits per heavy atom. The molecule has 3 aromatic rings. The van der Waals surface area contributed by atoms with Crippen LogP contribution >= 0.6 is 0 Å². The normalized spacial score (nSPS) is 11.0. The van der Waals surface area contributed by atoms with Crippen molar-refractivity contribution in [2.45, 2.75) is 13.2 Å². The highest BCUT2D eigenvalue weighted by Crippen LogP contribution is 2.32. The van der Waals surface area contributed by atoms with Gasteiger partial charge in [-0.2, -0.15) is 0 Å². The Labute approximate surface area is 130 Å². The molecular formula is C17H14O6. The van der Waals surface area contributed by atoms with E-state index in [4.69, 9.17) is 4.42 Å². The first-order chi connectivity index (χ1) is 11.0. The molecule has 118 valence electrons. The van der Waals surface area contributed by atoms with E-state index in [2.05, 4.69) is 0 Å². The van der Waals surface area contributed by atoms with Gasteiger partial charge >= 0.3 is 0 Å². The fourth-order valence-electron chi connectivity index (χ4n) is 2.48.